The number of hydrogen-bond acceptors (Lipinski definition) is 12. The monoisotopic (exact) mass is 503 g/mol. The van der Waals surface area contributed by atoms with Gasteiger partial charge in [0.05, 0.1) is 48.5 Å². The van der Waals surface area contributed by atoms with Crippen LogP contribution in [0.2, 0.25) is 0 Å². The van der Waals surface area contributed by atoms with Crippen LogP contribution in [0.25, 0.3) is 5.52 Å². The van der Waals surface area contributed by atoms with Crippen molar-refractivity contribution in [2.45, 2.75) is 53.4 Å². The lowest BCUT2D eigenvalue weighted by atomic mass is 10.4. The van der Waals surface area contributed by atoms with E-state index in [9.17, 15) is 14.2 Å². The summed E-state index contributed by atoms with van der Waals surface area (Å²) in [6.45, 7) is 7.17. The second-order valence-corrected chi connectivity index (χ2v) is 9.66. The van der Waals surface area contributed by atoms with Crippen LogP contribution in [0, 0.1) is 6.92 Å². The molecular formula is C20H30N3O10P. The molecule has 0 fully saturated rings. The van der Waals surface area contributed by atoms with Gasteiger partial charge in [-0.1, -0.05) is 0 Å². The Morgan fingerprint density at radius 1 is 1.00 bits per heavy atom. The van der Waals surface area contributed by atoms with Crippen molar-refractivity contribution in [3.63, 3.8) is 0 Å². The van der Waals surface area contributed by atoms with E-state index in [0.717, 1.165) is 16.9 Å². The number of carbonyl (C=O) groups is 2. The van der Waals surface area contributed by atoms with Crippen LogP contribution in [0.5, 0.6) is 0 Å². The van der Waals surface area contributed by atoms with Gasteiger partial charge in [-0.2, -0.15) is 5.10 Å². The molecule has 0 N–H and O–H groups in total. The highest BCUT2D eigenvalue weighted by atomic mass is 31.2. The lowest BCUT2D eigenvalue weighted by Crippen LogP contribution is -2.17. The Morgan fingerprint density at radius 2 is 1.59 bits per heavy atom. The predicted molar refractivity (Wildman–Crippen MR) is 117 cm³/mol. The third-order valence-corrected chi connectivity index (χ3v) is 5.73. The van der Waals surface area contributed by atoms with Gasteiger partial charge in [0, 0.05) is 0 Å². The average Bonchev–Trinajstić information content (AvgIpc) is 3.14. The molecule has 0 amide bonds. The Morgan fingerprint density at radius 3 is 2.15 bits per heavy atom. The van der Waals surface area contributed by atoms with E-state index in [1.165, 1.54) is 6.33 Å². The van der Waals surface area contributed by atoms with Crippen molar-refractivity contribution in [1.29, 1.82) is 0 Å². The van der Waals surface area contributed by atoms with E-state index < -0.39 is 45.7 Å². The van der Waals surface area contributed by atoms with Gasteiger partial charge in [0.2, 0.25) is 13.6 Å². The molecule has 0 saturated carbocycles. The number of carbonyl (C=O) groups excluding carboxylic acids is 2. The molecule has 0 aliphatic heterocycles. The van der Waals surface area contributed by atoms with Gasteiger partial charge in [-0.15, -0.1) is 0 Å². The summed E-state index contributed by atoms with van der Waals surface area (Å²) in [5.41, 5.74) is 2.42. The Labute approximate surface area is 197 Å². The zero-order valence-corrected chi connectivity index (χ0v) is 20.7. The van der Waals surface area contributed by atoms with Crippen LogP contribution >= 0.6 is 7.60 Å². The first-order valence-corrected chi connectivity index (χ1v) is 12.2. The van der Waals surface area contributed by atoms with Crippen LogP contribution in [-0.4, -0.2) is 65.5 Å². The highest BCUT2D eigenvalue weighted by molar-refractivity contribution is 7.53. The number of rotatable bonds is 13. The largest absolute Gasteiger partial charge is 0.510 e. The summed E-state index contributed by atoms with van der Waals surface area (Å²) in [7, 11) is -3.89. The number of fused-ring (bicyclic) bond motifs is 1. The van der Waals surface area contributed by atoms with Crippen molar-refractivity contribution in [1.82, 2.24) is 14.6 Å². The highest BCUT2D eigenvalue weighted by Gasteiger charge is 2.27. The summed E-state index contributed by atoms with van der Waals surface area (Å²) < 4.78 is 49.7. The fraction of sp³-hybridized carbons (Fsp3) is 0.600. The molecule has 0 spiro atoms. The Bertz CT molecular complexity index is 962. The van der Waals surface area contributed by atoms with Crippen molar-refractivity contribution in [2.75, 3.05) is 26.4 Å². The fourth-order valence-corrected chi connectivity index (χ4v) is 3.61. The molecule has 0 aliphatic rings. The minimum absolute atomic E-state index is 0.0402. The molecule has 2 aromatic heterocycles. The summed E-state index contributed by atoms with van der Waals surface area (Å²) in [5.74, 6) is 0. The van der Waals surface area contributed by atoms with Gasteiger partial charge in [0.25, 0.3) is 0 Å². The van der Waals surface area contributed by atoms with E-state index >= 15 is 0 Å². The van der Waals surface area contributed by atoms with Crippen LogP contribution in [0.3, 0.4) is 0 Å². The van der Waals surface area contributed by atoms with E-state index in [1.807, 2.05) is 19.1 Å². The molecule has 0 bridgehead atoms. The average molecular weight is 503 g/mol. The first kappa shape index (κ1) is 27.5. The molecule has 2 heterocycles. The van der Waals surface area contributed by atoms with Crippen LogP contribution in [0.1, 0.15) is 39.1 Å². The maximum absolute atomic E-state index is 13.0. The first-order valence-electron chi connectivity index (χ1n) is 10.5. The van der Waals surface area contributed by atoms with E-state index in [0.29, 0.717) is 0 Å². The molecule has 2 rings (SSSR count). The number of aryl methyl sites for hydroxylation is 1. The molecular weight excluding hydrogens is 473 g/mol. The maximum atomic E-state index is 13.0. The summed E-state index contributed by atoms with van der Waals surface area (Å²) in [6, 6.07) is 3.71. The van der Waals surface area contributed by atoms with Crippen molar-refractivity contribution < 1.29 is 46.9 Å². The van der Waals surface area contributed by atoms with Crippen LogP contribution in [0.15, 0.2) is 18.5 Å². The molecule has 34 heavy (non-hydrogen) atoms. The van der Waals surface area contributed by atoms with Crippen molar-refractivity contribution in [2.24, 2.45) is 0 Å². The van der Waals surface area contributed by atoms with Gasteiger partial charge in [0.15, 0.2) is 0 Å². The minimum Gasteiger partial charge on any atom is -0.432 e. The van der Waals surface area contributed by atoms with Crippen LogP contribution in [0.4, 0.5) is 9.59 Å². The zero-order chi connectivity index (χ0) is 25.1. The number of hydrogen-bond donors (Lipinski definition) is 0. The van der Waals surface area contributed by atoms with Crippen molar-refractivity contribution in [3.8, 4) is 0 Å². The number of nitrogens with zero attached hydrogens (tertiary/aromatic N) is 3. The smallest absolute Gasteiger partial charge is 0.432 e. The van der Waals surface area contributed by atoms with Gasteiger partial charge in [0.1, 0.15) is 6.33 Å². The standard InChI is InChI=1S/C20H30N3O10P/c1-14(2)32-19(24)28-12-30-34(26,31-13-29-20(25)33-15(3)4)9-8-27-10-17-6-7-18-16(5)21-11-22-23(17)18/h6-7,11,14-15H,8-10,12-13H2,1-5H3. The molecule has 190 valence electrons. The summed E-state index contributed by atoms with van der Waals surface area (Å²) >= 11 is 0. The Balaban J connectivity index is 1.88. The van der Waals surface area contributed by atoms with Gasteiger partial charge in [-0.25, -0.2) is 19.1 Å². The topological polar surface area (TPSA) is 146 Å². The molecule has 2 aromatic rings. The van der Waals surface area contributed by atoms with E-state index in [1.54, 1.807) is 32.2 Å². The normalized spacial score (nSPS) is 11.7. The van der Waals surface area contributed by atoms with Crippen molar-refractivity contribution >= 4 is 25.4 Å². The quantitative estimate of drug-likeness (QED) is 0.169. The maximum Gasteiger partial charge on any atom is 0.510 e. The molecule has 13 nitrogen and oxygen atoms in total. The van der Waals surface area contributed by atoms with Gasteiger partial charge >= 0.3 is 19.9 Å². The minimum atomic E-state index is -3.89. The summed E-state index contributed by atoms with van der Waals surface area (Å²) in [5, 5.41) is 4.19. The molecule has 14 heteroatoms. The lowest BCUT2D eigenvalue weighted by molar-refractivity contribution is -0.0309. The molecule has 0 unspecified atom stereocenters. The molecule has 0 aliphatic carbocycles. The first-order chi connectivity index (χ1) is 16.1. The SMILES string of the molecule is Cc1ncnn2c(COCCP(=O)(OCOC(=O)OC(C)C)OCOC(=O)OC(C)C)ccc12. The fourth-order valence-electron chi connectivity index (χ4n) is 2.50. The van der Waals surface area contributed by atoms with Crippen LogP contribution < -0.4 is 0 Å². The Hall–Kier alpha value is -2.73. The third kappa shape index (κ3) is 9.26. The van der Waals surface area contributed by atoms with Gasteiger partial charge in [-0.3, -0.25) is 13.6 Å². The third-order valence-electron chi connectivity index (χ3n) is 4.00. The molecule has 0 saturated heterocycles. The molecule has 0 aromatic carbocycles. The van der Waals surface area contributed by atoms with E-state index in [4.69, 9.17) is 32.7 Å². The highest BCUT2D eigenvalue weighted by Crippen LogP contribution is 2.47. The zero-order valence-electron chi connectivity index (χ0n) is 19.8. The van der Waals surface area contributed by atoms with E-state index in [-0.39, 0.29) is 19.4 Å². The van der Waals surface area contributed by atoms with E-state index in [2.05, 4.69) is 10.1 Å². The number of aromatic nitrogens is 3. The van der Waals surface area contributed by atoms with Crippen molar-refractivity contribution in [3.05, 3.63) is 29.8 Å². The van der Waals surface area contributed by atoms with Gasteiger partial charge < -0.3 is 23.7 Å². The second kappa shape index (κ2) is 13.2. The lowest BCUT2D eigenvalue weighted by Gasteiger charge is -2.18. The number of ether oxygens (including phenoxy) is 5. The van der Waals surface area contributed by atoms with Crippen LogP contribution in [-0.2, 0) is 43.9 Å². The predicted octanol–water partition coefficient (Wildman–Crippen LogP) is 3.82. The van der Waals surface area contributed by atoms with Gasteiger partial charge in [-0.05, 0) is 46.8 Å². The molecule has 0 atom stereocenters. The summed E-state index contributed by atoms with van der Waals surface area (Å²) in [6.07, 6.45) is -1.56. The summed E-state index contributed by atoms with van der Waals surface area (Å²) in [4.78, 5) is 27.1. The Kier molecular flexibility index (Phi) is 10.7. The molecule has 0 radical (unpaired) electrons. The second-order valence-electron chi connectivity index (χ2n) is 7.47.